The van der Waals surface area contributed by atoms with Gasteiger partial charge in [0, 0.05) is 15.3 Å². The quantitative estimate of drug-likeness (QED) is 0.670. The number of rotatable bonds is 6. The number of hydrogen-bond acceptors (Lipinski definition) is 3. The molecule has 0 fully saturated rings. The van der Waals surface area contributed by atoms with Gasteiger partial charge in [-0.05, 0) is 46.9 Å². The van der Waals surface area contributed by atoms with Crippen molar-refractivity contribution in [2.24, 2.45) is 0 Å². The van der Waals surface area contributed by atoms with Crippen molar-refractivity contribution in [3.8, 4) is 5.75 Å². The van der Waals surface area contributed by atoms with Gasteiger partial charge in [0.25, 0.3) is 5.91 Å². The molecule has 0 heterocycles. The zero-order chi connectivity index (χ0) is 17.5. The summed E-state index contributed by atoms with van der Waals surface area (Å²) in [5.41, 5.74) is 0.764. The number of ether oxygens (including phenoxy) is 1. The van der Waals surface area contributed by atoms with Crippen LogP contribution in [0.5, 0.6) is 5.75 Å². The second-order valence-electron chi connectivity index (χ2n) is 4.62. The molecule has 2 N–H and O–H groups in total. The van der Waals surface area contributed by atoms with Crippen molar-refractivity contribution in [2.45, 2.75) is 6.61 Å². The van der Waals surface area contributed by atoms with E-state index in [0.717, 1.165) is 3.57 Å². The topological polar surface area (TPSA) is 67.4 Å². The first-order valence-corrected chi connectivity index (χ1v) is 7.91. The van der Waals surface area contributed by atoms with Gasteiger partial charge >= 0.3 is 6.61 Å². The van der Waals surface area contributed by atoms with Gasteiger partial charge in [0.2, 0.25) is 5.91 Å². The molecule has 0 aliphatic heterocycles. The number of anilines is 1. The maximum absolute atomic E-state index is 12.2. The summed E-state index contributed by atoms with van der Waals surface area (Å²) in [5.74, 6) is -0.918. The lowest BCUT2D eigenvalue weighted by molar-refractivity contribution is -0.115. The van der Waals surface area contributed by atoms with Gasteiger partial charge in [-0.15, -0.1) is 0 Å². The highest BCUT2D eigenvalue weighted by Crippen LogP contribution is 2.19. The van der Waals surface area contributed by atoms with Crippen molar-refractivity contribution in [3.63, 3.8) is 0 Å². The minimum Gasteiger partial charge on any atom is -0.435 e. The van der Waals surface area contributed by atoms with E-state index in [0.29, 0.717) is 11.3 Å². The average Bonchev–Trinajstić information content (AvgIpc) is 2.53. The summed E-state index contributed by atoms with van der Waals surface area (Å²) in [6, 6.07) is 12.6. The SMILES string of the molecule is O=C(CNC(=O)c1ccccc1I)Nc1cccc(OC(F)F)c1. The van der Waals surface area contributed by atoms with E-state index in [1.807, 2.05) is 22.6 Å². The van der Waals surface area contributed by atoms with Crippen LogP contribution < -0.4 is 15.4 Å². The van der Waals surface area contributed by atoms with Gasteiger partial charge in [0.1, 0.15) is 5.75 Å². The summed E-state index contributed by atoms with van der Waals surface area (Å²) >= 11 is 2.03. The number of alkyl halides is 2. The van der Waals surface area contributed by atoms with Crippen LogP contribution in [-0.4, -0.2) is 25.0 Å². The Bertz CT molecular complexity index is 741. The van der Waals surface area contributed by atoms with Crippen molar-refractivity contribution in [1.82, 2.24) is 5.32 Å². The molecule has 0 aliphatic rings. The first-order chi connectivity index (χ1) is 11.5. The van der Waals surface area contributed by atoms with Crippen LogP contribution in [0.1, 0.15) is 10.4 Å². The summed E-state index contributed by atoms with van der Waals surface area (Å²) in [6.45, 7) is -3.19. The highest BCUT2D eigenvalue weighted by atomic mass is 127. The Morgan fingerprint density at radius 3 is 2.58 bits per heavy atom. The van der Waals surface area contributed by atoms with Gasteiger partial charge in [-0.25, -0.2) is 0 Å². The van der Waals surface area contributed by atoms with Crippen molar-refractivity contribution in [2.75, 3.05) is 11.9 Å². The third kappa shape index (κ3) is 5.44. The summed E-state index contributed by atoms with van der Waals surface area (Å²) in [5, 5.41) is 5.00. The molecule has 8 heteroatoms. The van der Waals surface area contributed by atoms with E-state index in [-0.39, 0.29) is 18.2 Å². The first-order valence-electron chi connectivity index (χ1n) is 6.83. The van der Waals surface area contributed by atoms with Crippen molar-refractivity contribution < 1.29 is 23.1 Å². The molecule has 0 unspecified atom stereocenters. The predicted octanol–water partition coefficient (Wildman–Crippen LogP) is 3.26. The molecule has 0 spiro atoms. The van der Waals surface area contributed by atoms with Gasteiger partial charge in [-0.1, -0.05) is 18.2 Å². The molecule has 0 aliphatic carbocycles. The van der Waals surface area contributed by atoms with E-state index in [4.69, 9.17) is 0 Å². The van der Waals surface area contributed by atoms with E-state index >= 15 is 0 Å². The molecule has 0 atom stereocenters. The third-order valence-electron chi connectivity index (χ3n) is 2.87. The Labute approximate surface area is 150 Å². The van der Waals surface area contributed by atoms with E-state index < -0.39 is 12.5 Å². The molecule has 0 radical (unpaired) electrons. The zero-order valence-corrected chi connectivity index (χ0v) is 14.4. The fourth-order valence-corrected chi connectivity index (χ4v) is 2.49. The smallest absolute Gasteiger partial charge is 0.387 e. The Kier molecular flexibility index (Phi) is 6.47. The van der Waals surface area contributed by atoms with E-state index in [2.05, 4.69) is 15.4 Å². The molecule has 0 saturated heterocycles. The van der Waals surface area contributed by atoms with Gasteiger partial charge in [-0.2, -0.15) is 8.78 Å². The van der Waals surface area contributed by atoms with Crippen LogP contribution in [0.25, 0.3) is 0 Å². The number of carbonyl (C=O) groups is 2. The molecule has 2 aromatic carbocycles. The number of halogens is 3. The molecular formula is C16H13F2IN2O3. The molecule has 2 amide bonds. The number of amides is 2. The van der Waals surface area contributed by atoms with Crippen LogP contribution in [0.4, 0.5) is 14.5 Å². The Morgan fingerprint density at radius 2 is 1.88 bits per heavy atom. The van der Waals surface area contributed by atoms with Crippen LogP contribution in [0, 0.1) is 3.57 Å². The van der Waals surface area contributed by atoms with E-state index in [9.17, 15) is 18.4 Å². The van der Waals surface area contributed by atoms with Crippen LogP contribution in [-0.2, 0) is 4.79 Å². The van der Waals surface area contributed by atoms with Crippen molar-refractivity contribution >= 4 is 40.1 Å². The molecule has 2 rings (SSSR count). The van der Waals surface area contributed by atoms with Gasteiger partial charge in [0.15, 0.2) is 0 Å². The Hall–Kier alpha value is -2.23. The molecule has 0 aromatic heterocycles. The zero-order valence-electron chi connectivity index (χ0n) is 12.3. The number of benzene rings is 2. The second-order valence-corrected chi connectivity index (χ2v) is 5.78. The molecule has 2 aromatic rings. The first kappa shape index (κ1) is 18.1. The molecule has 126 valence electrons. The van der Waals surface area contributed by atoms with Crippen LogP contribution >= 0.6 is 22.6 Å². The lowest BCUT2D eigenvalue weighted by Gasteiger charge is -2.09. The monoisotopic (exact) mass is 446 g/mol. The van der Waals surface area contributed by atoms with Crippen molar-refractivity contribution in [3.05, 3.63) is 57.7 Å². The summed E-state index contributed by atoms with van der Waals surface area (Å²) in [4.78, 5) is 23.8. The molecular weight excluding hydrogens is 433 g/mol. The van der Waals surface area contributed by atoms with Gasteiger partial charge in [0.05, 0.1) is 12.1 Å². The normalized spacial score (nSPS) is 10.3. The minimum absolute atomic E-state index is 0.0642. The molecule has 24 heavy (non-hydrogen) atoms. The number of nitrogens with one attached hydrogen (secondary N) is 2. The van der Waals surface area contributed by atoms with Gasteiger partial charge in [-0.3, -0.25) is 9.59 Å². The van der Waals surface area contributed by atoms with E-state index in [1.165, 1.54) is 24.3 Å². The highest BCUT2D eigenvalue weighted by Gasteiger charge is 2.11. The predicted molar refractivity (Wildman–Crippen MR) is 93.2 cm³/mol. The highest BCUT2D eigenvalue weighted by molar-refractivity contribution is 14.1. The van der Waals surface area contributed by atoms with Gasteiger partial charge < -0.3 is 15.4 Å². The Balaban J connectivity index is 1.89. The second kappa shape index (κ2) is 8.57. The molecule has 0 saturated carbocycles. The van der Waals surface area contributed by atoms with Crippen LogP contribution in [0.2, 0.25) is 0 Å². The number of carbonyl (C=O) groups excluding carboxylic acids is 2. The summed E-state index contributed by atoms with van der Waals surface area (Å²) < 4.78 is 29.3. The van der Waals surface area contributed by atoms with E-state index in [1.54, 1.807) is 24.3 Å². The van der Waals surface area contributed by atoms with Crippen LogP contribution in [0.15, 0.2) is 48.5 Å². The fourth-order valence-electron chi connectivity index (χ4n) is 1.86. The maximum atomic E-state index is 12.2. The third-order valence-corrected chi connectivity index (χ3v) is 3.81. The molecule has 5 nitrogen and oxygen atoms in total. The lowest BCUT2D eigenvalue weighted by atomic mass is 10.2. The number of hydrogen-bond donors (Lipinski definition) is 2. The van der Waals surface area contributed by atoms with Crippen molar-refractivity contribution in [1.29, 1.82) is 0 Å². The average molecular weight is 446 g/mol. The Morgan fingerprint density at radius 1 is 1.12 bits per heavy atom. The molecule has 0 bridgehead atoms. The lowest BCUT2D eigenvalue weighted by Crippen LogP contribution is -2.33. The summed E-state index contributed by atoms with van der Waals surface area (Å²) in [7, 11) is 0. The minimum atomic E-state index is -2.94. The van der Waals surface area contributed by atoms with Crippen LogP contribution in [0.3, 0.4) is 0 Å². The standard InChI is InChI=1S/C16H13F2IN2O3/c17-16(18)24-11-5-3-4-10(8-11)21-14(22)9-20-15(23)12-6-1-2-7-13(12)19/h1-8,16H,9H2,(H,20,23)(H,21,22). The summed E-state index contributed by atoms with van der Waals surface area (Å²) in [6.07, 6.45) is 0. The largest absolute Gasteiger partial charge is 0.435 e. The maximum Gasteiger partial charge on any atom is 0.387 e. The fraction of sp³-hybridized carbons (Fsp3) is 0.125.